The van der Waals surface area contributed by atoms with Gasteiger partial charge in [0, 0.05) is 5.02 Å². The first-order valence-electron chi connectivity index (χ1n) is 6.18. The second kappa shape index (κ2) is 5.64. The Balaban J connectivity index is 2.40. The highest BCUT2D eigenvalue weighted by molar-refractivity contribution is 6.31. The van der Waals surface area contributed by atoms with Gasteiger partial charge in [-0.1, -0.05) is 47.0 Å². The fourth-order valence-electron chi connectivity index (χ4n) is 2.26. The summed E-state index contributed by atoms with van der Waals surface area (Å²) in [6.07, 6.45) is 0. The Labute approximate surface area is 119 Å². The lowest BCUT2D eigenvalue weighted by atomic mass is 9.96. The molecule has 0 amide bonds. The summed E-state index contributed by atoms with van der Waals surface area (Å²) < 4.78 is 5.15. The molecule has 0 bridgehead atoms. The van der Waals surface area contributed by atoms with E-state index in [1.54, 1.807) is 13.2 Å². The van der Waals surface area contributed by atoms with Crippen molar-refractivity contribution in [3.8, 4) is 5.75 Å². The van der Waals surface area contributed by atoms with Gasteiger partial charge in [-0.3, -0.25) is 0 Å². The quantitative estimate of drug-likeness (QED) is 0.918. The summed E-state index contributed by atoms with van der Waals surface area (Å²) in [7, 11) is 1.62. The van der Waals surface area contributed by atoms with Crippen LogP contribution in [0.15, 0.2) is 36.4 Å². The van der Waals surface area contributed by atoms with Gasteiger partial charge in [0.15, 0.2) is 0 Å². The number of hydrogen-bond acceptors (Lipinski definition) is 2. The molecule has 2 nitrogen and oxygen atoms in total. The molecule has 2 rings (SSSR count). The van der Waals surface area contributed by atoms with Crippen molar-refractivity contribution in [3.05, 3.63) is 63.7 Å². The molecular formula is C16H18ClNO. The highest BCUT2D eigenvalue weighted by Crippen LogP contribution is 2.30. The van der Waals surface area contributed by atoms with Crippen LogP contribution >= 0.6 is 11.6 Å². The van der Waals surface area contributed by atoms with Crippen LogP contribution in [0.5, 0.6) is 5.75 Å². The number of methoxy groups -OCH3 is 1. The monoisotopic (exact) mass is 275 g/mol. The first kappa shape index (κ1) is 13.9. The van der Waals surface area contributed by atoms with Crippen molar-refractivity contribution in [2.24, 2.45) is 5.73 Å². The van der Waals surface area contributed by atoms with Crippen molar-refractivity contribution in [1.82, 2.24) is 0 Å². The number of aryl methyl sites for hydroxylation is 2. The van der Waals surface area contributed by atoms with Gasteiger partial charge in [-0.2, -0.15) is 0 Å². The first-order valence-corrected chi connectivity index (χ1v) is 6.56. The minimum absolute atomic E-state index is 0.225. The molecule has 0 aromatic heterocycles. The third-order valence-electron chi connectivity index (χ3n) is 3.15. The number of hydrogen-bond donors (Lipinski definition) is 1. The maximum Gasteiger partial charge on any atom is 0.120 e. The minimum atomic E-state index is -0.225. The summed E-state index contributed by atoms with van der Waals surface area (Å²) in [5.74, 6) is 0.737. The van der Waals surface area contributed by atoms with E-state index in [2.05, 4.69) is 32.0 Å². The van der Waals surface area contributed by atoms with E-state index in [9.17, 15) is 0 Å². The number of rotatable bonds is 3. The topological polar surface area (TPSA) is 35.2 Å². The molecular weight excluding hydrogens is 258 g/mol. The molecule has 2 N–H and O–H groups in total. The van der Waals surface area contributed by atoms with E-state index >= 15 is 0 Å². The van der Waals surface area contributed by atoms with Crippen molar-refractivity contribution >= 4 is 11.6 Å². The van der Waals surface area contributed by atoms with Gasteiger partial charge >= 0.3 is 0 Å². The second-order valence-electron chi connectivity index (χ2n) is 4.79. The van der Waals surface area contributed by atoms with E-state index in [0.29, 0.717) is 5.02 Å². The fraction of sp³-hybridized carbons (Fsp3) is 0.250. The third kappa shape index (κ3) is 3.09. The summed E-state index contributed by atoms with van der Waals surface area (Å²) in [5.41, 5.74) is 10.7. The van der Waals surface area contributed by atoms with Crippen LogP contribution in [0.1, 0.15) is 28.3 Å². The summed E-state index contributed by atoms with van der Waals surface area (Å²) in [6.45, 7) is 4.14. The molecule has 19 heavy (non-hydrogen) atoms. The van der Waals surface area contributed by atoms with Crippen LogP contribution in [0.3, 0.4) is 0 Å². The predicted molar refractivity (Wildman–Crippen MR) is 80.0 cm³/mol. The maximum absolute atomic E-state index is 6.32. The lowest BCUT2D eigenvalue weighted by molar-refractivity contribution is 0.414. The zero-order valence-corrected chi connectivity index (χ0v) is 12.2. The van der Waals surface area contributed by atoms with E-state index in [1.165, 1.54) is 11.1 Å². The van der Waals surface area contributed by atoms with Crippen LogP contribution in [0.4, 0.5) is 0 Å². The largest absolute Gasteiger partial charge is 0.497 e. The zero-order chi connectivity index (χ0) is 14.0. The molecule has 2 aromatic carbocycles. The maximum atomic E-state index is 6.32. The average Bonchev–Trinajstić information content (AvgIpc) is 2.36. The van der Waals surface area contributed by atoms with Crippen molar-refractivity contribution in [2.75, 3.05) is 7.11 Å². The highest BCUT2D eigenvalue weighted by Gasteiger charge is 2.13. The van der Waals surface area contributed by atoms with E-state index < -0.39 is 0 Å². The fourth-order valence-corrected chi connectivity index (χ4v) is 2.54. The van der Waals surface area contributed by atoms with Crippen LogP contribution in [0.25, 0.3) is 0 Å². The summed E-state index contributed by atoms with van der Waals surface area (Å²) in [5, 5.41) is 0.631. The molecule has 100 valence electrons. The van der Waals surface area contributed by atoms with Gasteiger partial charge in [-0.15, -0.1) is 0 Å². The number of ether oxygens (including phenoxy) is 1. The molecule has 0 aliphatic carbocycles. The van der Waals surface area contributed by atoms with Crippen molar-refractivity contribution in [2.45, 2.75) is 19.9 Å². The molecule has 0 aliphatic rings. The molecule has 0 fully saturated rings. The molecule has 0 saturated carbocycles. The van der Waals surface area contributed by atoms with Crippen LogP contribution in [-0.4, -0.2) is 7.11 Å². The molecule has 0 aliphatic heterocycles. The lowest BCUT2D eigenvalue weighted by Crippen LogP contribution is -2.13. The van der Waals surface area contributed by atoms with Crippen molar-refractivity contribution in [1.29, 1.82) is 0 Å². The SMILES string of the molecule is COc1ccc(C(N)c2cc(C)cc(C)c2)c(Cl)c1. The molecule has 0 heterocycles. The van der Waals surface area contributed by atoms with Crippen LogP contribution in [-0.2, 0) is 0 Å². The number of nitrogens with two attached hydrogens (primary N) is 1. The normalized spacial score (nSPS) is 12.3. The number of halogens is 1. The van der Waals surface area contributed by atoms with Gasteiger partial charge in [0.1, 0.15) is 5.75 Å². The third-order valence-corrected chi connectivity index (χ3v) is 3.47. The van der Waals surface area contributed by atoms with Crippen LogP contribution in [0, 0.1) is 13.8 Å². The lowest BCUT2D eigenvalue weighted by Gasteiger charge is -2.16. The predicted octanol–water partition coefficient (Wildman–Crippen LogP) is 4.01. The van der Waals surface area contributed by atoms with Gasteiger partial charge < -0.3 is 10.5 Å². The Morgan fingerprint density at radius 3 is 2.21 bits per heavy atom. The first-order chi connectivity index (χ1) is 9.01. The van der Waals surface area contributed by atoms with Gasteiger partial charge in [-0.05, 0) is 37.1 Å². The second-order valence-corrected chi connectivity index (χ2v) is 5.19. The van der Waals surface area contributed by atoms with E-state index in [0.717, 1.165) is 16.9 Å². The highest BCUT2D eigenvalue weighted by atomic mass is 35.5. The summed E-state index contributed by atoms with van der Waals surface area (Å²) in [6, 6.07) is 11.7. The molecule has 3 heteroatoms. The van der Waals surface area contributed by atoms with Crippen LogP contribution < -0.4 is 10.5 Å². The smallest absolute Gasteiger partial charge is 0.120 e. The van der Waals surface area contributed by atoms with E-state index in [-0.39, 0.29) is 6.04 Å². The Hall–Kier alpha value is -1.51. The Morgan fingerprint density at radius 2 is 1.68 bits per heavy atom. The molecule has 1 atom stereocenters. The van der Waals surface area contributed by atoms with Gasteiger partial charge in [0.25, 0.3) is 0 Å². The average molecular weight is 276 g/mol. The molecule has 0 spiro atoms. The van der Waals surface area contributed by atoms with Gasteiger partial charge in [0.05, 0.1) is 13.2 Å². The molecule has 0 radical (unpaired) electrons. The molecule has 1 unspecified atom stereocenters. The zero-order valence-electron chi connectivity index (χ0n) is 11.4. The van der Waals surface area contributed by atoms with Crippen molar-refractivity contribution < 1.29 is 4.74 Å². The van der Waals surface area contributed by atoms with E-state index in [4.69, 9.17) is 22.1 Å². The Bertz CT molecular complexity index is 575. The number of benzene rings is 2. The minimum Gasteiger partial charge on any atom is -0.497 e. The Morgan fingerprint density at radius 1 is 1.05 bits per heavy atom. The molecule has 2 aromatic rings. The Kier molecular flexibility index (Phi) is 4.13. The van der Waals surface area contributed by atoms with Crippen molar-refractivity contribution in [3.63, 3.8) is 0 Å². The molecule has 0 saturated heterocycles. The standard InChI is InChI=1S/C16H18ClNO/c1-10-6-11(2)8-12(7-10)16(18)14-5-4-13(19-3)9-15(14)17/h4-9,16H,18H2,1-3H3. The van der Waals surface area contributed by atoms with Crippen LogP contribution in [0.2, 0.25) is 5.02 Å². The van der Waals surface area contributed by atoms with Gasteiger partial charge in [-0.25, -0.2) is 0 Å². The van der Waals surface area contributed by atoms with E-state index in [1.807, 2.05) is 12.1 Å². The summed E-state index contributed by atoms with van der Waals surface area (Å²) in [4.78, 5) is 0. The van der Waals surface area contributed by atoms with Gasteiger partial charge in [0.2, 0.25) is 0 Å². The summed E-state index contributed by atoms with van der Waals surface area (Å²) >= 11 is 6.27.